The van der Waals surface area contributed by atoms with E-state index in [-0.39, 0.29) is 17.6 Å². The molecule has 0 aromatic rings. The van der Waals surface area contributed by atoms with Crippen LogP contribution in [0.5, 0.6) is 0 Å². The lowest BCUT2D eigenvalue weighted by molar-refractivity contribution is -0.122. The van der Waals surface area contributed by atoms with Crippen molar-refractivity contribution in [3.63, 3.8) is 0 Å². The molecule has 2 atom stereocenters. The van der Waals surface area contributed by atoms with Crippen LogP contribution >= 0.6 is 0 Å². The van der Waals surface area contributed by atoms with Crippen molar-refractivity contribution < 1.29 is 9.53 Å². The maximum atomic E-state index is 10.8. The number of carbonyl (C=O) groups is 1. The van der Waals surface area contributed by atoms with Crippen molar-refractivity contribution in [2.24, 2.45) is 0 Å². The Labute approximate surface area is 53.4 Å². The van der Waals surface area contributed by atoms with Crippen LogP contribution in [-0.2, 0) is 9.53 Å². The quantitative estimate of drug-likeness (QED) is 0.452. The van der Waals surface area contributed by atoms with Crippen LogP contribution in [0.15, 0.2) is 0 Å². The lowest BCUT2D eigenvalue weighted by Crippen LogP contribution is -2.39. The van der Waals surface area contributed by atoms with Gasteiger partial charge in [0.25, 0.3) is 5.91 Å². The van der Waals surface area contributed by atoms with Crippen molar-refractivity contribution in [2.45, 2.75) is 25.0 Å². The van der Waals surface area contributed by atoms with Gasteiger partial charge in [-0.1, -0.05) is 0 Å². The second-order valence-electron chi connectivity index (χ2n) is 2.85. The van der Waals surface area contributed by atoms with Crippen molar-refractivity contribution in [3.8, 4) is 0 Å². The summed E-state index contributed by atoms with van der Waals surface area (Å²) in [5.74, 6) is 0.0590. The number of hydrogen-bond donors (Lipinski definition) is 1. The molecular formula is C6H9NO2. The number of fused-ring (bicyclic) bond motifs is 1. The van der Waals surface area contributed by atoms with E-state index in [2.05, 4.69) is 5.32 Å². The van der Waals surface area contributed by atoms with Crippen LogP contribution in [0.1, 0.15) is 13.3 Å². The Kier molecular flexibility index (Phi) is 0.750. The largest absolute Gasteiger partial charge is 0.356 e. The van der Waals surface area contributed by atoms with Crippen LogP contribution < -0.4 is 5.32 Å². The first-order chi connectivity index (χ1) is 4.22. The third-order valence-electron chi connectivity index (χ3n) is 2.04. The fraction of sp³-hybridized carbons (Fsp3) is 0.833. The third kappa shape index (κ3) is 0.580. The van der Waals surface area contributed by atoms with Crippen LogP contribution in [-0.4, -0.2) is 24.2 Å². The van der Waals surface area contributed by atoms with Gasteiger partial charge in [-0.05, 0) is 13.3 Å². The van der Waals surface area contributed by atoms with Gasteiger partial charge in [0.15, 0.2) is 6.10 Å². The molecule has 2 rings (SSSR count). The van der Waals surface area contributed by atoms with E-state index in [0.717, 1.165) is 13.0 Å². The Morgan fingerprint density at radius 3 is 3.22 bits per heavy atom. The molecule has 0 spiro atoms. The molecule has 2 aliphatic rings. The van der Waals surface area contributed by atoms with Crippen molar-refractivity contribution in [2.75, 3.05) is 6.54 Å². The number of piperidine rings is 1. The van der Waals surface area contributed by atoms with Crippen LogP contribution in [0.3, 0.4) is 0 Å². The van der Waals surface area contributed by atoms with E-state index in [1.54, 1.807) is 0 Å². The zero-order valence-corrected chi connectivity index (χ0v) is 5.31. The van der Waals surface area contributed by atoms with Gasteiger partial charge in [0, 0.05) is 6.54 Å². The first-order valence-corrected chi connectivity index (χ1v) is 3.18. The SMILES string of the molecule is C[C@@]12CCNC(=O)[C@@H]1O2. The Morgan fingerprint density at radius 2 is 2.67 bits per heavy atom. The zero-order valence-electron chi connectivity index (χ0n) is 5.31. The summed E-state index contributed by atoms with van der Waals surface area (Å²) in [6.07, 6.45) is 0.829. The van der Waals surface area contributed by atoms with Gasteiger partial charge in [0.1, 0.15) is 5.60 Å². The van der Waals surface area contributed by atoms with E-state index in [4.69, 9.17) is 4.74 Å². The number of nitrogens with one attached hydrogen (secondary N) is 1. The van der Waals surface area contributed by atoms with Gasteiger partial charge in [-0.25, -0.2) is 0 Å². The summed E-state index contributed by atoms with van der Waals surface area (Å²) < 4.78 is 5.17. The molecule has 1 N–H and O–H groups in total. The first kappa shape index (κ1) is 5.23. The summed E-state index contributed by atoms with van der Waals surface area (Å²) in [5.41, 5.74) is -0.0949. The average Bonchev–Trinajstić information content (AvgIpc) is 2.43. The molecule has 2 heterocycles. The summed E-state index contributed by atoms with van der Waals surface area (Å²) in [7, 11) is 0. The number of carbonyl (C=O) groups excluding carboxylic acids is 1. The van der Waals surface area contributed by atoms with E-state index in [1.165, 1.54) is 0 Å². The Hall–Kier alpha value is -0.570. The van der Waals surface area contributed by atoms with Crippen molar-refractivity contribution >= 4 is 5.91 Å². The molecule has 0 bridgehead atoms. The normalized spacial score (nSPS) is 47.7. The molecule has 0 radical (unpaired) electrons. The third-order valence-corrected chi connectivity index (χ3v) is 2.04. The molecular weight excluding hydrogens is 118 g/mol. The van der Waals surface area contributed by atoms with Gasteiger partial charge < -0.3 is 10.1 Å². The van der Waals surface area contributed by atoms with E-state index in [1.807, 2.05) is 6.92 Å². The molecule has 0 aromatic carbocycles. The molecule has 0 aromatic heterocycles. The topological polar surface area (TPSA) is 41.6 Å². The predicted molar refractivity (Wildman–Crippen MR) is 30.9 cm³/mol. The van der Waals surface area contributed by atoms with Crippen LogP contribution in [0.2, 0.25) is 0 Å². The molecule has 50 valence electrons. The highest BCUT2D eigenvalue weighted by Gasteiger charge is 2.58. The van der Waals surface area contributed by atoms with Gasteiger partial charge in [-0.2, -0.15) is 0 Å². The van der Waals surface area contributed by atoms with Crippen molar-refractivity contribution in [1.82, 2.24) is 5.32 Å². The molecule has 3 heteroatoms. The minimum atomic E-state index is -0.133. The number of hydrogen-bond acceptors (Lipinski definition) is 2. The molecule has 2 saturated heterocycles. The number of rotatable bonds is 0. The molecule has 3 nitrogen and oxygen atoms in total. The molecule has 2 fully saturated rings. The Bertz CT molecular complexity index is 168. The molecule has 1 amide bonds. The second-order valence-corrected chi connectivity index (χ2v) is 2.85. The monoisotopic (exact) mass is 127 g/mol. The minimum Gasteiger partial charge on any atom is -0.356 e. The standard InChI is InChI=1S/C6H9NO2/c1-6-2-3-7-5(8)4(6)9-6/h4H,2-3H2,1H3,(H,7,8)/t4-,6+/m0/s1. The smallest absolute Gasteiger partial charge is 0.252 e. The lowest BCUT2D eigenvalue weighted by atomic mass is 10.0. The van der Waals surface area contributed by atoms with Crippen molar-refractivity contribution in [3.05, 3.63) is 0 Å². The summed E-state index contributed by atoms with van der Waals surface area (Å²) >= 11 is 0. The fourth-order valence-electron chi connectivity index (χ4n) is 1.28. The van der Waals surface area contributed by atoms with E-state index in [0.29, 0.717) is 0 Å². The summed E-state index contributed by atoms with van der Waals surface area (Å²) in [6, 6.07) is 0. The Morgan fingerprint density at radius 1 is 1.89 bits per heavy atom. The molecule has 2 aliphatic heterocycles. The highest BCUT2D eigenvalue weighted by molar-refractivity contribution is 5.85. The van der Waals surface area contributed by atoms with E-state index >= 15 is 0 Å². The van der Waals surface area contributed by atoms with Gasteiger partial charge in [0.2, 0.25) is 0 Å². The van der Waals surface area contributed by atoms with E-state index < -0.39 is 0 Å². The van der Waals surface area contributed by atoms with E-state index in [9.17, 15) is 4.79 Å². The molecule has 0 saturated carbocycles. The van der Waals surface area contributed by atoms with Gasteiger partial charge in [-0.3, -0.25) is 4.79 Å². The highest BCUT2D eigenvalue weighted by Crippen LogP contribution is 2.40. The van der Waals surface area contributed by atoms with Gasteiger partial charge in [0.05, 0.1) is 0 Å². The highest BCUT2D eigenvalue weighted by atomic mass is 16.6. The first-order valence-electron chi connectivity index (χ1n) is 3.18. The lowest BCUT2D eigenvalue weighted by Gasteiger charge is -2.11. The summed E-state index contributed by atoms with van der Waals surface area (Å²) in [4.78, 5) is 10.8. The average molecular weight is 127 g/mol. The van der Waals surface area contributed by atoms with Crippen LogP contribution in [0.25, 0.3) is 0 Å². The molecule has 9 heavy (non-hydrogen) atoms. The van der Waals surface area contributed by atoms with Crippen LogP contribution in [0.4, 0.5) is 0 Å². The number of amides is 1. The zero-order chi connectivity index (χ0) is 6.48. The van der Waals surface area contributed by atoms with Crippen LogP contribution in [0, 0.1) is 0 Å². The summed E-state index contributed by atoms with van der Waals surface area (Å²) in [6.45, 7) is 2.75. The minimum absolute atomic E-state index is 0.0590. The van der Waals surface area contributed by atoms with Gasteiger partial charge >= 0.3 is 0 Å². The Balaban J connectivity index is 2.16. The molecule has 0 aliphatic carbocycles. The predicted octanol–water partition coefficient (Wildman–Crippen LogP) is -0.336. The number of epoxide rings is 1. The maximum absolute atomic E-state index is 10.8. The van der Waals surface area contributed by atoms with Crippen molar-refractivity contribution in [1.29, 1.82) is 0 Å². The maximum Gasteiger partial charge on any atom is 0.252 e. The van der Waals surface area contributed by atoms with Gasteiger partial charge in [-0.15, -0.1) is 0 Å². The fourth-order valence-corrected chi connectivity index (χ4v) is 1.28. The summed E-state index contributed by atoms with van der Waals surface area (Å²) in [5, 5.41) is 2.73. The number of ether oxygens (including phenoxy) is 1. The molecule has 0 unspecified atom stereocenters. The second kappa shape index (κ2) is 1.29.